The number of aromatic nitrogens is 2. The van der Waals surface area contributed by atoms with Crippen molar-refractivity contribution in [3.05, 3.63) is 35.3 Å². The molecule has 0 unspecified atom stereocenters. The third-order valence-corrected chi connectivity index (χ3v) is 4.19. The minimum Gasteiger partial charge on any atom is -0.356 e. The highest BCUT2D eigenvalue weighted by molar-refractivity contribution is 7.15. The number of carbonyl (C=O) groups excluding carboxylic acids is 1. The molecule has 0 aliphatic carbocycles. The van der Waals surface area contributed by atoms with E-state index in [0.717, 1.165) is 41.1 Å². The first-order valence-corrected chi connectivity index (χ1v) is 7.78. The number of imidazole rings is 1. The SMILES string of the molecule is CCCCNC(=O)Cc1csc2nc3ccccc3n12. The lowest BCUT2D eigenvalue weighted by atomic mass is 10.3. The minimum absolute atomic E-state index is 0.0796. The maximum atomic E-state index is 11.9. The third-order valence-electron chi connectivity index (χ3n) is 3.31. The molecule has 2 heterocycles. The molecule has 0 saturated heterocycles. The first kappa shape index (κ1) is 13.1. The highest BCUT2D eigenvalue weighted by Crippen LogP contribution is 2.23. The van der Waals surface area contributed by atoms with Crippen molar-refractivity contribution in [2.75, 3.05) is 6.54 Å². The largest absolute Gasteiger partial charge is 0.356 e. The van der Waals surface area contributed by atoms with Gasteiger partial charge in [-0.05, 0) is 18.6 Å². The van der Waals surface area contributed by atoms with E-state index in [4.69, 9.17) is 0 Å². The Kier molecular flexibility index (Phi) is 3.69. The van der Waals surface area contributed by atoms with Crippen molar-refractivity contribution in [3.8, 4) is 0 Å². The molecule has 0 aliphatic rings. The number of hydrogen-bond donors (Lipinski definition) is 1. The molecule has 3 rings (SSSR count). The number of hydrogen-bond acceptors (Lipinski definition) is 3. The van der Waals surface area contributed by atoms with Gasteiger partial charge in [-0.15, -0.1) is 11.3 Å². The lowest BCUT2D eigenvalue weighted by molar-refractivity contribution is -0.120. The average molecular weight is 287 g/mol. The first-order chi connectivity index (χ1) is 9.79. The number of unbranched alkanes of at least 4 members (excludes halogenated alkanes) is 1. The van der Waals surface area contributed by atoms with Crippen LogP contribution in [0.2, 0.25) is 0 Å². The van der Waals surface area contributed by atoms with Crippen molar-refractivity contribution in [2.24, 2.45) is 0 Å². The van der Waals surface area contributed by atoms with Crippen LogP contribution in [0.1, 0.15) is 25.5 Å². The van der Waals surface area contributed by atoms with Crippen LogP contribution in [0.5, 0.6) is 0 Å². The number of rotatable bonds is 5. The summed E-state index contributed by atoms with van der Waals surface area (Å²) in [5, 5.41) is 4.98. The fourth-order valence-corrected chi connectivity index (χ4v) is 3.19. The molecular formula is C15H17N3OS. The van der Waals surface area contributed by atoms with Gasteiger partial charge in [0.2, 0.25) is 5.91 Å². The standard InChI is InChI=1S/C15H17N3OS/c1-2-3-8-16-14(19)9-11-10-20-15-17-12-6-4-5-7-13(12)18(11)15/h4-7,10H,2-3,8-9H2,1H3,(H,16,19). The number of amides is 1. The van der Waals surface area contributed by atoms with E-state index < -0.39 is 0 Å². The summed E-state index contributed by atoms with van der Waals surface area (Å²) in [6.07, 6.45) is 2.53. The Morgan fingerprint density at radius 2 is 2.25 bits per heavy atom. The van der Waals surface area contributed by atoms with Gasteiger partial charge >= 0.3 is 0 Å². The Hall–Kier alpha value is -1.88. The molecule has 104 valence electrons. The van der Waals surface area contributed by atoms with Gasteiger partial charge in [0.05, 0.1) is 17.5 Å². The predicted octanol–water partition coefficient (Wildman–Crippen LogP) is 3.01. The molecular weight excluding hydrogens is 270 g/mol. The molecule has 0 bridgehead atoms. The van der Waals surface area contributed by atoms with Gasteiger partial charge in [0.1, 0.15) is 0 Å². The quantitative estimate of drug-likeness (QED) is 0.733. The van der Waals surface area contributed by atoms with E-state index in [1.807, 2.05) is 29.6 Å². The van der Waals surface area contributed by atoms with Crippen molar-refractivity contribution in [1.29, 1.82) is 0 Å². The summed E-state index contributed by atoms with van der Waals surface area (Å²) < 4.78 is 2.08. The van der Waals surface area contributed by atoms with E-state index in [1.54, 1.807) is 11.3 Å². The van der Waals surface area contributed by atoms with Crippen LogP contribution in [0.25, 0.3) is 16.0 Å². The number of nitrogens with one attached hydrogen (secondary N) is 1. The summed E-state index contributed by atoms with van der Waals surface area (Å²) in [6.45, 7) is 2.87. The molecule has 4 nitrogen and oxygen atoms in total. The van der Waals surface area contributed by atoms with Gasteiger partial charge in [-0.25, -0.2) is 4.98 Å². The van der Waals surface area contributed by atoms with Gasteiger partial charge in [0, 0.05) is 17.6 Å². The zero-order valence-corrected chi connectivity index (χ0v) is 12.2. The van der Waals surface area contributed by atoms with Crippen molar-refractivity contribution in [1.82, 2.24) is 14.7 Å². The van der Waals surface area contributed by atoms with Gasteiger partial charge in [0.25, 0.3) is 0 Å². The minimum atomic E-state index is 0.0796. The fraction of sp³-hybridized carbons (Fsp3) is 0.333. The molecule has 0 fully saturated rings. The van der Waals surface area contributed by atoms with Crippen LogP contribution >= 0.6 is 11.3 Å². The summed E-state index contributed by atoms with van der Waals surface area (Å²) >= 11 is 1.58. The number of fused-ring (bicyclic) bond motifs is 3. The Labute approximate surface area is 121 Å². The van der Waals surface area contributed by atoms with Crippen LogP contribution in [0.15, 0.2) is 29.6 Å². The van der Waals surface area contributed by atoms with Crippen molar-refractivity contribution >= 4 is 33.2 Å². The number of carbonyl (C=O) groups is 1. The summed E-state index contributed by atoms with van der Waals surface area (Å²) in [7, 11) is 0. The highest BCUT2D eigenvalue weighted by atomic mass is 32.1. The van der Waals surface area contributed by atoms with Crippen LogP contribution in [0.3, 0.4) is 0 Å². The van der Waals surface area contributed by atoms with E-state index >= 15 is 0 Å². The molecule has 20 heavy (non-hydrogen) atoms. The lowest BCUT2D eigenvalue weighted by Crippen LogP contribution is -2.26. The second kappa shape index (κ2) is 5.63. The van der Waals surface area contributed by atoms with Gasteiger partial charge < -0.3 is 5.32 Å². The van der Waals surface area contributed by atoms with E-state index in [1.165, 1.54) is 0 Å². The van der Waals surface area contributed by atoms with E-state index in [2.05, 4.69) is 21.6 Å². The molecule has 0 radical (unpaired) electrons. The summed E-state index contributed by atoms with van der Waals surface area (Å²) in [6, 6.07) is 8.02. The molecule has 3 aromatic rings. The maximum absolute atomic E-state index is 11.9. The van der Waals surface area contributed by atoms with Gasteiger partial charge in [-0.2, -0.15) is 0 Å². The number of para-hydroxylation sites is 2. The normalized spacial score (nSPS) is 11.2. The van der Waals surface area contributed by atoms with E-state index in [9.17, 15) is 4.79 Å². The van der Waals surface area contributed by atoms with Gasteiger partial charge in [0.15, 0.2) is 4.96 Å². The van der Waals surface area contributed by atoms with Crippen molar-refractivity contribution < 1.29 is 4.79 Å². The molecule has 0 spiro atoms. The smallest absolute Gasteiger partial charge is 0.225 e. The Bertz CT molecular complexity index is 744. The predicted molar refractivity (Wildman–Crippen MR) is 82.2 cm³/mol. The van der Waals surface area contributed by atoms with Gasteiger partial charge in [-0.3, -0.25) is 9.20 Å². The number of benzene rings is 1. The van der Waals surface area contributed by atoms with E-state index in [0.29, 0.717) is 6.42 Å². The number of thiazole rings is 1. The zero-order chi connectivity index (χ0) is 13.9. The van der Waals surface area contributed by atoms with E-state index in [-0.39, 0.29) is 5.91 Å². The second-order valence-electron chi connectivity index (χ2n) is 4.83. The lowest BCUT2D eigenvalue weighted by Gasteiger charge is -2.04. The fourth-order valence-electron chi connectivity index (χ4n) is 2.29. The molecule has 0 aliphatic heterocycles. The van der Waals surface area contributed by atoms with Crippen LogP contribution in [-0.2, 0) is 11.2 Å². The average Bonchev–Trinajstić information content (AvgIpc) is 2.99. The maximum Gasteiger partial charge on any atom is 0.225 e. The molecule has 1 aromatic carbocycles. The van der Waals surface area contributed by atoms with Crippen LogP contribution in [0.4, 0.5) is 0 Å². The van der Waals surface area contributed by atoms with Gasteiger partial charge in [-0.1, -0.05) is 25.5 Å². The summed E-state index contributed by atoms with van der Waals surface area (Å²) in [5.74, 6) is 0.0796. The summed E-state index contributed by atoms with van der Waals surface area (Å²) in [4.78, 5) is 17.5. The van der Waals surface area contributed by atoms with Crippen molar-refractivity contribution in [3.63, 3.8) is 0 Å². The van der Waals surface area contributed by atoms with Crippen molar-refractivity contribution in [2.45, 2.75) is 26.2 Å². The third kappa shape index (κ3) is 2.41. The first-order valence-electron chi connectivity index (χ1n) is 6.90. The second-order valence-corrected chi connectivity index (χ2v) is 5.66. The van der Waals surface area contributed by atoms with Crippen LogP contribution in [-0.4, -0.2) is 21.8 Å². The molecule has 2 aromatic heterocycles. The monoisotopic (exact) mass is 287 g/mol. The molecule has 1 amide bonds. The Morgan fingerprint density at radius 3 is 3.10 bits per heavy atom. The highest BCUT2D eigenvalue weighted by Gasteiger charge is 2.12. The Balaban J connectivity index is 1.86. The molecule has 1 N–H and O–H groups in total. The number of nitrogens with zero attached hydrogens (tertiary/aromatic N) is 2. The van der Waals surface area contributed by atoms with Crippen LogP contribution < -0.4 is 5.32 Å². The molecule has 0 saturated carbocycles. The molecule has 5 heteroatoms. The molecule has 0 atom stereocenters. The summed E-state index contributed by atoms with van der Waals surface area (Å²) in [5.41, 5.74) is 3.06. The van der Waals surface area contributed by atoms with Crippen LogP contribution in [0, 0.1) is 0 Å². The zero-order valence-electron chi connectivity index (χ0n) is 11.4. The topological polar surface area (TPSA) is 46.4 Å². The Morgan fingerprint density at radius 1 is 1.40 bits per heavy atom.